The summed E-state index contributed by atoms with van der Waals surface area (Å²) in [5, 5.41) is 7.54. The molecular weight excluding hydrogens is 242 g/mol. The van der Waals surface area contributed by atoms with E-state index in [4.69, 9.17) is 4.74 Å². The maximum atomic E-state index is 12.1. The van der Waals surface area contributed by atoms with E-state index in [1.807, 2.05) is 44.8 Å². The third-order valence-electron chi connectivity index (χ3n) is 3.18. The van der Waals surface area contributed by atoms with Crippen LogP contribution >= 0.6 is 0 Å². The van der Waals surface area contributed by atoms with Crippen LogP contribution in [0.15, 0.2) is 12.4 Å². The molecule has 0 aliphatic rings. The molecule has 0 bridgehead atoms. The molecule has 1 aromatic rings. The van der Waals surface area contributed by atoms with Crippen molar-refractivity contribution in [3.8, 4) is 0 Å². The largest absolute Gasteiger partial charge is 0.465 e. The van der Waals surface area contributed by atoms with E-state index < -0.39 is 5.54 Å². The second kappa shape index (κ2) is 6.70. The van der Waals surface area contributed by atoms with Crippen molar-refractivity contribution < 1.29 is 9.53 Å². The third kappa shape index (κ3) is 4.06. The second-order valence-corrected chi connectivity index (χ2v) is 5.13. The van der Waals surface area contributed by atoms with Crippen LogP contribution in [-0.4, -0.2) is 34.4 Å². The standard InChI is InChI=1S/C14H25N3O2/c1-6-15-14(5,13(18)19-7-2)8-12(4)17-10-11(3)9-16-17/h9-10,12,15H,6-8H2,1-5H3. The minimum absolute atomic E-state index is 0.127. The van der Waals surface area contributed by atoms with Crippen LogP contribution < -0.4 is 5.32 Å². The number of esters is 1. The van der Waals surface area contributed by atoms with Crippen molar-refractivity contribution in [3.05, 3.63) is 18.0 Å². The lowest BCUT2D eigenvalue weighted by atomic mass is 9.93. The van der Waals surface area contributed by atoms with Gasteiger partial charge in [-0.2, -0.15) is 5.10 Å². The van der Waals surface area contributed by atoms with Crippen LogP contribution in [0.5, 0.6) is 0 Å². The molecule has 0 fully saturated rings. The first kappa shape index (κ1) is 15.7. The van der Waals surface area contributed by atoms with Crippen LogP contribution in [0, 0.1) is 6.92 Å². The van der Waals surface area contributed by atoms with Gasteiger partial charge in [-0.3, -0.25) is 9.48 Å². The number of carbonyl (C=O) groups is 1. The molecule has 0 aliphatic heterocycles. The Labute approximate surface area is 115 Å². The van der Waals surface area contributed by atoms with Gasteiger partial charge in [0, 0.05) is 6.20 Å². The summed E-state index contributed by atoms with van der Waals surface area (Å²) in [5.41, 5.74) is 0.442. The minimum Gasteiger partial charge on any atom is -0.465 e. The molecule has 1 aromatic heterocycles. The van der Waals surface area contributed by atoms with Crippen molar-refractivity contribution in [3.63, 3.8) is 0 Å². The van der Waals surface area contributed by atoms with Crippen molar-refractivity contribution in [2.45, 2.75) is 52.6 Å². The average Bonchev–Trinajstić information content (AvgIpc) is 2.76. The lowest BCUT2D eigenvalue weighted by molar-refractivity contribution is -0.151. The van der Waals surface area contributed by atoms with Crippen LogP contribution in [0.2, 0.25) is 0 Å². The van der Waals surface area contributed by atoms with Gasteiger partial charge in [0.05, 0.1) is 18.8 Å². The number of nitrogens with zero attached hydrogens (tertiary/aromatic N) is 2. The maximum absolute atomic E-state index is 12.1. The predicted octanol–water partition coefficient (Wildman–Crippen LogP) is 2.07. The van der Waals surface area contributed by atoms with Gasteiger partial charge in [-0.1, -0.05) is 6.92 Å². The lowest BCUT2D eigenvalue weighted by Crippen LogP contribution is -2.51. The number of likely N-dealkylation sites (N-methyl/N-ethyl adjacent to an activating group) is 1. The van der Waals surface area contributed by atoms with Crippen LogP contribution in [0.1, 0.15) is 45.7 Å². The van der Waals surface area contributed by atoms with E-state index >= 15 is 0 Å². The monoisotopic (exact) mass is 267 g/mol. The van der Waals surface area contributed by atoms with Crippen molar-refractivity contribution in [2.24, 2.45) is 0 Å². The van der Waals surface area contributed by atoms with Crippen molar-refractivity contribution in [2.75, 3.05) is 13.2 Å². The first-order valence-electron chi connectivity index (χ1n) is 6.86. The Hall–Kier alpha value is -1.36. The van der Waals surface area contributed by atoms with E-state index in [0.29, 0.717) is 13.0 Å². The average molecular weight is 267 g/mol. The first-order valence-corrected chi connectivity index (χ1v) is 6.86. The number of aromatic nitrogens is 2. The molecule has 2 atom stereocenters. The number of hydrogen-bond acceptors (Lipinski definition) is 4. The number of ether oxygens (including phenoxy) is 1. The molecule has 0 aromatic carbocycles. The van der Waals surface area contributed by atoms with Crippen LogP contribution in [0.3, 0.4) is 0 Å². The van der Waals surface area contributed by atoms with E-state index in [-0.39, 0.29) is 12.0 Å². The molecule has 1 rings (SSSR count). The summed E-state index contributed by atoms with van der Waals surface area (Å²) in [6.45, 7) is 10.9. The fraction of sp³-hybridized carbons (Fsp3) is 0.714. The molecule has 0 amide bonds. The summed E-state index contributed by atoms with van der Waals surface area (Å²) < 4.78 is 7.06. The second-order valence-electron chi connectivity index (χ2n) is 5.13. The third-order valence-corrected chi connectivity index (χ3v) is 3.18. The van der Waals surface area contributed by atoms with E-state index in [1.54, 1.807) is 0 Å². The topological polar surface area (TPSA) is 56.2 Å². The summed E-state index contributed by atoms with van der Waals surface area (Å²) >= 11 is 0. The van der Waals surface area contributed by atoms with E-state index in [0.717, 1.165) is 12.1 Å². The molecule has 0 saturated carbocycles. The number of aryl methyl sites for hydroxylation is 1. The Morgan fingerprint density at radius 2 is 2.26 bits per heavy atom. The van der Waals surface area contributed by atoms with Crippen LogP contribution in [0.4, 0.5) is 0 Å². The molecule has 1 heterocycles. The zero-order valence-corrected chi connectivity index (χ0v) is 12.6. The molecule has 19 heavy (non-hydrogen) atoms. The fourth-order valence-corrected chi connectivity index (χ4v) is 2.27. The first-order chi connectivity index (χ1) is 8.92. The van der Waals surface area contributed by atoms with Gasteiger partial charge < -0.3 is 10.1 Å². The summed E-state index contributed by atoms with van der Waals surface area (Å²) in [4.78, 5) is 12.1. The Balaban J connectivity index is 2.80. The zero-order chi connectivity index (χ0) is 14.5. The van der Waals surface area contributed by atoms with Crippen molar-refractivity contribution in [1.29, 1.82) is 0 Å². The fourth-order valence-electron chi connectivity index (χ4n) is 2.27. The van der Waals surface area contributed by atoms with E-state index in [9.17, 15) is 4.79 Å². The summed E-state index contributed by atoms with van der Waals surface area (Å²) in [7, 11) is 0. The van der Waals surface area contributed by atoms with Gasteiger partial charge in [0.2, 0.25) is 0 Å². The van der Waals surface area contributed by atoms with Gasteiger partial charge in [-0.05, 0) is 46.2 Å². The van der Waals surface area contributed by atoms with Crippen molar-refractivity contribution >= 4 is 5.97 Å². The van der Waals surface area contributed by atoms with Gasteiger partial charge >= 0.3 is 5.97 Å². The molecule has 108 valence electrons. The molecule has 0 aliphatic carbocycles. The van der Waals surface area contributed by atoms with Gasteiger partial charge in [0.25, 0.3) is 0 Å². The molecule has 1 N–H and O–H groups in total. The Morgan fingerprint density at radius 3 is 2.74 bits per heavy atom. The van der Waals surface area contributed by atoms with Gasteiger partial charge in [0.15, 0.2) is 0 Å². The Bertz CT molecular complexity index is 417. The smallest absolute Gasteiger partial charge is 0.326 e. The molecule has 0 spiro atoms. The number of rotatable bonds is 7. The number of nitrogens with one attached hydrogen (secondary N) is 1. The Morgan fingerprint density at radius 1 is 1.58 bits per heavy atom. The van der Waals surface area contributed by atoms with Gasteiger partial charge in [0.1, 0.15) is 5.54 Å². The highest BCUT2D eigenvalue weighted by atomic mass is 16.5. The van der Waals surface area contributed by atoms with Crippen molar-refractivity contribution in [1.82, 2.24) is 15.1 Å². The quantitative estimate of drug-likeness (QED) is 0.768. The maximum Gasteiger partial charge on any atom is 0.326 e. The van der Waals surface area contributed by atoms with Crippen LogP contribution in [-0.2, 0) is 9.53 Å². The minimum atomic E-state index is -0.677. The molecular formula is C14H25N3O2. The summed E-state index contributed by atoms with van der Waals surface area (Å²) in [5.74, 6) is -0.201. The Kier molecular flexibility index (Phi) is 5.54. The SMILES string of the molecule is CCNC(C)(CC(C)n1cc(C)cn1)C(=O)OCC. The molecule has 0 radical (unpaired) electrons. The summed E-state index contributed by atoms with van der Waals surface area (Å²) in [6.07, 6.45) is 4.45. The molecule has 5 heteroatoms. The highest BCUT2D eigenvalue weighted by Gasteiger charge is 2.35. The zero-order valence-electron chi connectivity index (χ0n) is 12.6. The normalized spacial score (nSPS) is 15.8. The van der Waals surface area contributed by atoms with Gasteiger partial charge in [-0.25, -0.2) is 0 Å². The summed E-state index contributed by atoms with van der Waals surface area (Å²) in [6, 6.07) is 0.127. The lowest BCUT2D eigenvalue weighted by Gasteiger charge is -2.30. The predicted molar refractivity (Wildman–Crippen MR) is 75.0 cm³/mol. The van der Waals surface area contributed by atoms with E-state index in [1.165, 1.54) is 0 Å². The molecule has 0 saturated heterocycles. The number of hydrogen-bond donors (Lipinski definition) is 1. The number of carbonyl (C=O) groups excluding carboxylic acids is 1. The highest BCUT2D eigenvalue weighted by Crippen LogP contribution is 2.22. The molecule has 2 unspecified atom stereocenters. The highest BCUT2D eigenvalue weighted by molar-refractivity contribution is 5.80. The van der Waals surface area contributed by atoms with Gasteiger partial charge in [-0.15, -0.1) is 0 Å². The van der Waals surface area contributed by atoms with Crippen LogP contribution in [0.25, 0.3) is 0 Å². The van der Waals surface area contributed by atoms with E-state index in [2.05, 4.69) is 17.3 Å². The molecule has 5 nitrogen and oxygen atoms in total.